The summed E-state index contributed by atoms with van der Waals surface area (Å²) in [6.07, 6.45) is 1.36. The zero-order chi connectivity index (χ0) is 21.3. The minimum atomic E-state index is -3.25. The van der Waals surface area contributed by atoms with Crippen LogP contribution < -0.4 is 0 Å². The third kappa shape index (κ3) is 4.76. The fourth-order valence-electron chi connectivity index (χ4n) is 3.33. The van der Waals surface area contributed by atoms with E-state index in [9.17, 15) is 22.4 Å². The molecule has 0 aliphatic carbocycles. The molecule has 1 aromatic heterocycles. The number of halogens is 2. The summed E-state index contributed by atoms with van der Waals surface area (Å²) < 4.78 is 43.0. The third-order valence-electron chi connectivity index (χ3n) is 4.69. The molecule has 1 aromatic carbocycles. The van der Waals surface area contributed by atoms with Gasteiger partial charge in [0.25, 0.3) is 0 Å². The molecule has 2 aromatic rings. The Balaban J connectivity index is 1.68. The number of hydrogen-bond acceptors (Lipinski definition) is 5. The van der Waals surface area contributed by atoms with Crippen LogP contribution in [0.2, 0.25) is 5.02 Å². The smallest absolute Gasteiger partial charge is 0.306 e. The molecule has 0 amide bonds. The standard InChI is InChI=1S/C20H19ClFNO5S/c1-12-7-16(13(2)23(12)15-3-4-18(22)17(21)9-15)19(24)10-28-20(25)8-14-5-6-29(26,27)11-14/h3-7,9,14H,8,10-11H2,1-2H3. The molecule has 6 nitrogen and oxygen atoms in total. The van der Waals surface area contributed by atoms with E-state index in [0.29, 0.717) is 16.9 Å². The molecular formula is C20H19ClFNO5S. The van der Waals surface area contributed by atoms with Crippen molar-refractivity contribution in [3.63, 3.8) is 0 Å². The van der Waals surface area contributed by atoms with E-state index in [4.69, 9.17) is 16.3 Å². The average Bonchev–Trinajstić information content (AvgIpc) is 3.13. The summed E-state index contributed by atoms with van der Waals surface area (Å²) in [5, 5.41) is 1.06. The minimum Gasteiger partial charge on any atom is -0.457 e. The van der Waals surface area contributed by atoms with Gasteiger partial charge in [0.1, 0.15) is 5.82 Å². The zero-order valence-corrected chi connectivity index (χ0v) is 17.4. The van der Waals surface area contributed by atoms with Crippen LogP contribution >= 0.6 is 11.6 Å². The van der Waals surface area contributed by atoms with Gasteiger partial charge in [0, 0.05) is 34.0 Å². The molecule has 0 N–H and O–H groups in total. The fraction of sp³-hybridized carbons (Fsp3) is 0.300. The first-order valence-electron chi connectivity index (χ1n) is 8.81. The van der Waals surface area contributed by atoms with Crippen molar-refractivity contribution in [1.29, 1.82) is 0 Å². The van der Waals surface area contributed by atoms with Crippen LogP contribution in [0.25, 0.3) is 5.69 Å². The van der Waals surface area contributed by atoms with E-state index in [1.807, 2.05) is 0 Å². The molecule has 1 atom stereocenters. The molecule has 1 unspecified atom stereocenters. The second-order valence-corrected chi connectivity index (χ2v) is 9.26. The third-order valence-corrected chi connectivity index (χ3v) is 6.44. The molecule has 9 heteroatoms. The number of benzene rings is 1. The summed E-state index contributed by atoms with van der Waals surface area (Å²) in [5.41, 5.74) is 2.33. The van der Waals surface area contributed by atoms with Crippen LogP contribution in [0.5, 0.6) is 0 Å². The lowest BCUT2D eigenvalue weighted by molar-refractivity contribution is -0.143. The number of allylic oxidation sites excluding steroid dienone is 1. The van der Waals surface area contributed by atoms with E-state index in [1.165, 1.54) is 18.2 Å². The lowest BCUT2D eigenvalue weighted by Gasteiger charge is -2.11. The minimum absolute atomic E-state index is 0.0280. The first kappa shape index (κ1) is 21.3. The lowest BCUT2D eigenvalue weighted by Crippen LogP contribution is -2.18. The summed E-state index contributed by atoms with van der Waals surface area (Å²) in [6, 6.07) is 5.93. The van der Waals surface area contributed by atoms with Gasteiger partial charge in [-0.05, 0) is 38.1 Å². The van der Waals surface area contributed by atoms with Crippen LogP contribution in [-0.2, 0) is 19.4 Å². The molecule has 0 saturated heterocycles. The van der Waals surface area contributed by atoms with Crippen molar-refractivity contribution < 1.29 is 27.1 Å². The molecule has 1 aliphatic heterocycles. The van der Waals surface area contributed by atoms with E-state index >= 15 is 0 Å². The predicted molar refractivity (Wildman–Crippen MR) is 107 cm³/mol. The number of ether oxygens (including phenoxy) is 1. The number of carbonyl (C=O) groups is 2. The highest BCUT2D eigenvalue weighted by Gasteiger charge is 2.25. The van der Waals surface area contributed by atoms with Crippen molar-refractivity contribution in [3.05, 3.63) is 63.5 Å². The van der Waals surface area contributed by atoms with Crippen LogP contribution in [0.4, 0.5) is 4.39 Å². The molecular weight excluding hydrogens is 421 g/mol. The second kappa shape index (κ2) is 8.12. The van der Waals surface area contributed by atoms with Gasteiger partial charge < -0.3 is 9.30 Å². The Hall–Kier alpha value is -2.45. The summed E-state index contributed by atoms with van der Waals surface area (Å²) in [7, 11) is -3.25. The van der Waals surface area contributed by atoms with Crippen molar-refractivity contribution in [2.24, 2.45) is 5.92 Å². The summed E-state index contributed by atoms with van der Waals surface area (Å²) >= 11 is 5.85. The first-order chi connectivity index (χ1) is 13.6. The normalized spacial score (nSPS) is 17.4. The maximum Gasteiger partial charge on any atom is 0.306 e. The second-order valence-electron chi connectivity index (χ2n) is 6.92. The molecule has 3 rings (SSSR count). The van der Waals surface area contributed by atoms with Gasteiger partial charge >= 0.3 is 5.97 Å². The SMILES string of the molecule is Cc1cc(C(=O)COC(=O)CC2C=CS(=O)(=O)C2)c(C)n1-c1ccc(F)c(Cl)c1. The Labute approximate surface area is 172 Å². The Morgan fingerprint density at radius 2 is 2.00 bits per heavy atom. The maximum atomic E-state index is 13.4. The Kier molecular flexibility index (Phi) is 5.95. The number of aryl methyl sites for hydroxylation is 1. The summed E-state index contributed by atoms with van der Waals surface area (Å²) in [6.45, 7) is 3.07. The maximum absolute atomic E-state index is 13.4. The average molecular weight is 440 g/mol. The first-order valence-corrected chi connectivity index (χ1v) is 10.9. The number of nitrogens with zero attached hydrogens (tertiary/aromatic N) is 1. The number of sulfone groups is 1. The van der Waals surface area contributed by atoms with Crippen LogP contribution in [0, 0.1) is 25.6 Å². The highest BCUT2D eigenvalue weighted by Crippen LogP contribution is 2.25. The number of Topliss-reactive ketones (excluding diaryl/α,β-unsaturated/α-hetero) is 1. The van der Waals surface area contributed by atoms with Gasteiger partial charge in [0.2, 0.25) is 5.78 Å². The molecule has 0 spiro atoms. The van der Waals surface area contributed by atoms with Gasteiger partial charge in [-0.1, -0.05) is 17.7 Å². The van der Waals surface area contributed by atoms with Gasteiger partial charge in [-0.2, -0.15) is 0 Å². The van der Waals surface area contributed by atoms with E-state index in [2.05, 4.69) is 0 Å². The monoisotopic (exact) mass is 439 g/mol. The predicted octanol–water partition coefficient (Wildman–Crippen LogP) is 3.56. The van der Waals surface area contributed by atoms with E-state index in [0.717, 1.165) is 11.1 Å². The van der Waals surface area contributed by atoms with Crippen LogP contribution in [-0.4, -0.2) is 37.1 Å². The zero-order valence-electron chi connectivity index (χ0n) is 15.8. The van der Waals surface area contributed by atoms with Crippen molar-refractivity contribution in [2.75, 3.05) is 12.4 Å². The fourth-order valence-corrected chi connectivity index (χ4v) is 4.90. The summed E-state index contributed by atoms with van der Waals surface area (Å²) in [4.78, 5) is 24.5. The number of aromatic nitrogens is 1. The molecule has 1 aliphatic rings. The van der Waals surface area contributed by atoms with Crippen molar-refractivity contribution >= 4 is 33.2 Å². The highest BCUT2D eigenvalue weighted by atomic mass is 35.5. The van der Waals surface area contributed by atoms with E-state index in [-0.39, 0.29) is 23.0 Å². The lowest BCUT2D eigenvalue weighted by atomic mass is 10.1. The molecule has 154 valence electrons. The van der Waals surface area contributed by atoms with E-state index < -0.39 is 34.1 Å². The van der Waals surface area contributed by atoms with Crippen LogP contribution in [0.3, 0.4) is 0 Å². The number of esters is 1. The van der Waals surface area contributed by atoms with Gasteiger partial charge in [0.15, 0.2) is 16.4 Å². The highest BCUT2D eigenvalue weighted by molar-refractivity contribution is 7.94. The molecule has 0 radical (unpaired) electrons. The van der Waals surface area contributed by atoms with Gasteiger partial charge in [0.05, 0.1) is 17.2 Å². The quantitative estimate of drug-likeness (QED) is 0.507. The molecule has 0 fully saturated rings. The van der Waals surface area contributed by atoms with Crippen molar-refractivity contribution in [1.82, 2.24) is 4.57 Å². The van der Waals surface area contributed by atoms with Crippen molar-refractivity contribution in [2.45, 2.75) is 20.3 Å². The molecule has 0 bridgehead atoms. The Morgan fingerprint density at radius 3 is 2.62 bits per heavy atom. The number of ketones is 1. The summed E-state index contributed by atoms with van der Waals surface area (Å²) in [5.74, 6) is -2.12. The van der Waals surface area contributed by atoms with Gasteiger partial charge in [-0.15, -0.1) is 0 Å². The van der Waals surface area contributed by atoms with Crippen LogP contribution in [0.1, 0.15) is 28.2 Å². The van der Waals surface area contributed by atoms with E-state index in [1.54, 1.807) is 30.5 Å². The number of hydrogen-bond donors (Lipinski definition) is 0. The van der Waals surface area contributed by atoms with Crippen LogP contribution in [0.15, 0.2) is 35.7 Å². The Morgan fingerprint density at radius 1 is 1.28 bits per heavy atom. The number of carbonyl (C=O) groups excluding carboxylic acids is 2. The molecule has 29 heavy (non-hydrogen) atoms. The molecule has 2 heterocycles. The number of rotatable bonds is 6. The molecule has 0 saturated carbocycles. The Bertz CT molecular complexity index is 1120. The van der Waals surface area contributed by atoms with Gasteiger partial charge in [-0.25, -0.2) is 12.8 Å². The van der Waals surface area contributed by atoms with Gasteiger partial charge in [-0.3, -0.25) is 9.59 Å². The van der Waals surface area contributed by atoms with Crippen molar-refractivity contribution in [3.8, 4) is 5.69 Å². The topological polar surface area (TPSA) is 82.4 Å². The largest absolute Gasteiger partial charge is 0.457 e.